The summed E-state index contributed by atoms with van der Waals surface area (Å²) in [5.74, 6) is 0.329. The Hall–Kier alpha value is -1.80. The quantitative estimate of drug-likeness (QED) is 0.399. The van der Waals surface area contributed by atoms with Gasteiger partial charge in [-0.3, -0.25) is 9.79 Å². The molecule has 2 rings (SSSR count). The first kappa shape index (κ1) is 21.2. The van der Waals surface area contributed by atoms with E-state index in [1.807, 2.05) is 48.3 Å². The minimum Gasteiger partial charge on any atom is -0.366 e. The lowest BCUT2D eigenvalue weighted by atomic mass is 10.1. The maximum Gasteiger partial charge on any atom is 0.248 e. The molecular weight excluding hydrogens is 451 g/mol. The Morgan fingerprint density at radius 1 is 1.20 bits per heavy atom. The molecule has 0 atom stereocenters. The number of benzene rings is 2. The van der Waals surface area contributed by atoms with Gasteiger partial charge in [-0.15, -0.1) is 24.0 Å². The third-order valence-electron chi connectivity index (χ3n) is 3.57. The van der Waals surface area contributed by atoms with Crippen molar-refractivity contribution in [1.82, 2.24) is 10.2 Å². The Labute approximate surface area is 170 Å². The van der Waals surface area contributed by atoms with Crippen molar-refractivity contribution >= 4 is 47.4 Å². The van der Waals surface area contributed by atoms with Gasteiger partial charge in [0.1, 0.15) is 0 Å². The number of guanidine groups is 1. The van der Waals surface area contributed by atoms with Crippen LogP contribution in [-0.2, 0) is 13.1 Å². The zero-order valence-corrected chi connectivity index (χ0v) is 17.3. The van der Waals surface area contributed by atoms with Crippen molar-refractivity contribution in [2.75, 3.05) is 14.1 Å². The highest BCUT2D eigenvalue weighted by atomic mass is 127. The van der Waals surface area contributed by atoms with Crippen LogP contribution in [-0.4, -0.2) is 30.9 Å². The van der Waals surface area contributed by atoms with Crippen molar-refractivity contribution in [1.29, 1.82) is 0 Å². The highest BCUT2D eigenvalue weighted by Gasteiger charge is 2.07. The Kier molecular flexibility index (Phi) is 8.71. The largest absolute Gasteiger partial charge is 0.366 e. The fourth-order valence-corrected chi connectivity index (χ4v) is 2.46. The number of rotatable bonds is 5. The predicted molar refractivity (Wildman–Crippen MR) is 113 cm³/mol. The van der Waals surface area contributed by atoms with Crippen LogP contribution in [0.15, 0.2) is 53.5 Å². The summed E-state index contributed by atoms with van der Waals surface area (Å²) in [7, 11) is 3.70. The number of aliphatic imine (C=N–C) groups is 1. The molecule has 0 saturated heterocycles. The molecule has 0 fully saturated rings. The second-order valence-electron chi connectivity index (χ2n) is 5.45. The van der Waals surface area contributed by atoms with Gasteiger partial charge >= 0.3 is 0 Å². The third kappa shape index (κ3) is 6.55. The molecule has 2 aromatic rings. The van der Waals surface area contributed by atoms with E-state index in [4.69, 9.17) is 17.3 Å². The molecular formula is C18H22ClIN4O. The van der Waals surface area contributed by atoms with Gasteiger partial charge in [0.25, 0.3) is 0 Å². The number of carbonyl (C=O) groups is 1. The van der Waals surface area contributed by atoms with Crippen LogP contribution in [0.2, 0.25) is 5.02 Å². The molecule has 0 spiro atoms. The summed E-state index contributed by atoms with van der Waals surface area (Å²) in [5, 5.41) is 4.00. The summed E-state index contributed by atoms with van der Waals surface area (Å²) in [4.78, 5) is 17.5. The standard InChI is InChI=1S/C18H21ClN4O.HI/c1-21-18(23(2)12-13-6-8-16(19)9-7-13)22-11-14-4-3-5-15(10-14)17(20)24;/h3-10H,11-12H2,1-2H3,(H2,20,24)(H,21,22);1H. The van der Waals surface area contributed by atoms with Crippen LogP contribution in [0, 0.1) is 0 Å². The zero-order chi connectivity index (χ0) is 17.5. The molecule has 25 heavy (non-hydrogen) atoms. The predicted octanol–water partition coefficient (Wildman–Crippen LogP) is 3.26. The fraction of sp³-hybridized carbons (Fsp3) is 0.222. The average molecular weight is 473 g/mol. The number of nitrogens with one attached hydrogen (secondary N) is 1. The topological polar surface area (TPSA) is 70.7 Å². The number of primary amides is 1. The molecule has 0 bridgehead atoms. The summed E-state index contributed by atoms with van der Waals surface area (Å²) >= 11 is 5.91. The lowest BCUT2D eigenvalue weighted by Crippen LogP contribution is -2.38. The van der Waals surface area contributed by atoms with Gasteiger partial charge in [-0.25, -0.2) is 0 Å². The van der Waals surface area contributed by atoms with Gasteiger partial charge in [0.15, 0.2) is 5.96 Å². The Morgan fingerprint density at radius 2 is 1.88 bits per heavy atom. The number of hydrogen-bond acceptors (Lipinski definition) is 2. The molecule has 0 heterocycles. The van der Waals surface area contributed by atoms with Crippen LogP contribution >= 0.6 is 35.6 Å². The van der Waals surface area contributed by atoms with Gasteiger partial charge in [-0.05, 0) is 35.4 Å². The molecule has 5 nitrogen and oxygen atoms in total. The van der Waals surface area contributed by atoms with E-state index in [1.165, 1.54) is 0 Å². The van der Waals surface area contributed by atoms with Crippen LogP contribution in [0.5, 0.6) is 0 Å². The summed E-state index contributed by atoms with van der Waals surface area (Å²) < 4.78 is 0. The van der Waals surface area contributed by atoms with Gasteiger partial charge in [-0.2, -0.15) is 0 Å². The molecule has 3 N–H and O–H groups in total. The van der Waals surface area contributed by atoms with Crippen LogP contribution in [0.4, 0.5) is 0 Å². The van der Waals surface area contributed by atoms with Gasteiger partial charge in [0.05, 0.1) is 0 Å². The van der Waals surface area contributed by atoms with E-state index in [2.05, 4.69) is 10.3 Å². The summed E-state index contributed by atoms with van der Waals surface area (Å²) in [6.07, 6.45) is 0. The zero-order valence-electron chi connectivity index (χ0n) is 14.2. The van der Waals surface area contributed by atoms with Crippen molar-refractivity contribution in [2.24, 2.45) is 10.7 Å². The molecule has 1 amide bonds. The first-order valence-corrected chi connectivity index (χ1v) is 7.92. The number of halogens is 2. The van der Waals surface area contributed by atoms with Crippen molar-refractivity contribution in [3.8, 4) is 0 Å². The number of hydrogen-bond donors (Lipinski definition) is 2. The first-order valence-electron chi connectivity index (χ1n) is 7.54. The second kappa shape index (κ2) is 10.2. The van der Waals surface area contributed by atoms with Crippen LogP contribution in [0.25, 0.3) is 0 Å². The summed E-state index contributed by atoms with van der Waals surface area (Å²) in [6.45, 7) is 1.26. The minimum atomic E-state index is -0.430. The number of nitrogens with two attached hydrogens (primary N) is 1. The maximum absolute atomic E-state index is 11.2. The molecule has 134 valence electrons. The Balaban J connectivity index is 0.00000312. The molecule has 0 saturated carbocycles. The van der Waals surface area contributed by atoms with Crippen molar-refractivity contribution in [3.05, 3.63) is 70.2 Å². The summed E-state index contributed by atoms with van der Waals surface area (Å²) in [6, 6.07) is 15.0. The summed E-state index contributed by atoms with van der Waals surface area (Å²) in [5.41, 5.74) is 7.91. The van der Waals surface area contributed by atoms with Gasteiger partial charge in [0.2, 0.25) is 5.91 Å². The van der Waals surface area contributed by atoms with E-state index in [1.54, 1.807) is 19.2 Å². The normalized spacial score (nSPS) is 10.8. The van der Waals surface area contributed by atoms with Gasteiger partial charge in [-0.1, -0.05) is 35.9 Å². The SMILES string of the molecule is CN=C(NCc1cccc(C(N)=O)c1)N(C)Cc1ccc(Cl)cc1.I. The highest BCUT2D eigenvalue weighted by Crippen LogP contribution is 2.11. The average Bonchev–Trinajstić information content (AvgIpc) is 2.57. The Bertz CT molecular complexity index is 734. The van der Waals surface area contributed by atoms with E-state index in [0.29, 0.717) is 18.7 Å². The molecule has 2 aromatic carbocycles. The molecule has 7 heteroatoms. The lowest BCUT2D eigenvalue weighted by molar-refractivity contribution is 0.1000. The van der Waals surface area contributed by atoms with Crippen LogP contribution in [0.3, 0.4) is 0 Å². The minimum absolute atomic E-state index is 0. The third-order valence-corrected chi connectivity index (χ3v) is 3.82. The molecule has 0 unspecified atom stereocenters. The molecule has 0 aliphatic carbocycles. The molecule has 0 aliphatic rings. The van der Waals surface area contributed by atoms with E-state index in [9.17, 15) is 4.79 Å². The van der Waals surface area contributed by atoms with E-state index >= 15 is 0 Å². The smallest absolute Gasteiger partial charge is 0.248 e. The number of amides is 1. The first-order chi connectivity index (χ1) is 11.5. The van der Waals surface area contributed by atoms with Crippen LogP contribution in [0.1, 0.15) is 21.5 Å². The van der Waals surface area contributed by atoms with E-state index in [0.717, 1.165) is 22.1 Å². The van der Waals surface area contributed by atoms with Crippen molar-refractivity contribution in [3.63, 3.8) is 0 Å². The monoisotopic (exact) mass is 472 g/mol. The molecule has 0 aliphatic heterocycles. The second-order valence-corrected chi connectivity index (χ2v) is 5.88. The molecule has 0 aromatic heterocycles. The lowest BCUT2D eigenvalue weighted by Gasteiger charge is -2.22. The fourth-order valence-electron chi connectivity index (χ4n) is 2.34. The van der Waals surface area contributed by atoms with Crippen LogP contribution < -0.4 is 11.1 Å². The highest BCUT2D eigenvalue weighted by molar-refractivity contribution is 14.0. The van der Waals surface area contributed by atoms with Gasteiger partial charge < -0.3 is 16.0 Å². The van der Waals surface area contributed by atoms with Gasteiger partial charge in [0, 0.05) is 37.8 Å². The van der Waals surface area contributed by atoms with Crippen molar-refractivity contribution < 1.29 is 4.79 Å². The maximum atomic E-state index is 11.2. The van der Waals surface area contributed by atoms with E-state index < -0.39 is 5.91 Å². The Morgan fingerprint density at radius 3 is 2.48 bits per heavy atom. The van der Waals surface area contributed by atoms with E-state index in [-0.39, 0.29) is 24.0 Å². The number of nitrogens with zero attached hydrogens (tertiary/aromatic N) is 2. The molecule has 0 radical (unpaired) electrons. The number of carbonyl (C=O) groups excluding carboxylic acids is 1. The van der Waals surface area contributed by atoms with Crippen molar-refractivity contribution in [2.45, 2.75) is 13.1 Å².